The molecule has 2 rings (SSSR count). The molecule has 2 unspecified atom stereocenters. The number of carboxylic acids is 1. The molecule has 0 spiro atoms. The quantitative estimate of drug-likeness (QED) is 0.904. The number of hydrogen-bond donors (Lipinski definition) is 1. The zero-order valence-corrected chi connectivity index (χ0v) is 13.3. The summed E-state index contributed by atoms with van der Waals surface area (Å²) in [5.74, 6) is -1.38. The first-order valence-corrected chi connectivity index (χ1v) is 7.64. The molecule has 2 atom stereocenters. The summed E-state index contributed by atoms with van der Waals surface area (Å²) in [5, 5.41) is 9.28. The van der Waals surface area contributed by atoms with Gasteiger partial charge in [0.15, 0.2) is 0 Å². The van der Waals surface area contributed by atoms with E-state index in [-0.39, 0.29) is 18.2 Å². The Morgan fingerprint density at radius 2 is 2.19 bits per heavy atom. The molecular weight excluding hydrogens is 341 g/mol. The van der Waals surface area contributed by atoms with Crippen molar-refractivity contribution in [2.75, 3.05) is 6.54 Å². The molecule has 1 heterocycles. The van der Waals surface area contributed by atoms with E-state index in [1.807, 2.05) is 6.92 Å². The largest absolute Gasteiger partial charge is 0.480 e. The maximum Gasteiger partial charge on any atom is 0.326 e. The molecule has 1 aromatic rings. The van der Waals surface area contributed by atoms with Crippen LogP contribution >= 0.6 is 15.9 Å². The van der Waals surface area contributed by atoms with Gasteiger partial charge in [0.05, 0.1) is 6.42 Å². The molecule has 21 heavy (non-hydrogen) atoms. The molecule has 1 aliphatic rings. The van der Waals surface area contributed by atoms with E-state index in [0.29, 0.717) is 23.0 Å². The smallest absolute Gasteiger partial charge is 0.326 e. The van der Waals surface area contributed by atoms with Crippen molar-refractivity contribution >= 4 is 27.8 Å². The fourth-order valence-corrected chi connectivity index (χ4v) is 3.00. The number of carbonyl (C=O) groups excluding carboxylic acids is 1. The monoisotopic (exact) mass is 357 g/mol. The molecule has 6 heteroatoms. The predicted octanol–water partition coefficient (Wildman–Crippen LogP) is 2.84. The zero-order valence-electron chi connectivity index (χ0n) is 11.7. The van der Waals surface area contributed by atoms with E-state index in [2.05, 4.69) is 15.9 Å². The molecule has 4 nitrogen and oxygen atoms in total. The number of likely N-dealkylation sites (tertiary alicyclic amines) is 1. The Balaban J connectivity index is 2.15. The lowest BCUT2D eigenvalue weighted by molar-refractivity contribution is -0.152. The second-order valence-corrected chi connectivity index (χ2v) is 6.34. The van der Waals surface area contributed by atoms with E-state index in [4.69, 9.17) is 0 Å². The van der Waals surface area contributed by atoms with E-state index in [0.717, 1.165) is 6.42 Å². The second kappa shape index (κ2) is 6.56. The number of aliphatic carboxylic acids is 1. The van der Waals surface area contributed by atoms with Crippen LogP contribution in [-0.4, -0.2) is 34.5 Å². The minimum Gasteiger partial charge on any atom is -0.480 e. The topological polar surface area (TPSA) is 57.6 Å². The Labute approximate surface area is 131 Å². The first-order valence-electron chi connectivity index (χ1n) is 6.84. The number of piperidine rings is 1. The predicted molar refractivity (Wildman–Crippen MR) is 79.3 cm³/mol. The molecular formula is C15H17BrFNO3. The maximum absolute atomic E-state index is 13.3. The van der Waals surface area contributed by atoms with Gasteiger partial charge in [0, 0.05) is 11.0 Å². The highest BCUT2D eigenvalue weighted by atomic mass is 79.9. The van der Waals surface area contributed by atoms with Gasteiger partial charge in [0.2, 0.25) is 5.91 Å². The van der Waals surface area contributed by atoms with Gasteiger partial charge < -0.3 is 10.0 Å². The van der Waals surface area contributed by atoms with Gasteiger partial charge in [-0.3, -0.25) is 4.79 Å². The number of benzene rings is 1. The molecule has 0 aliphatic carbocycles. The molecule has 0 saturated carbocycles. The van der Waals surface area contributed by atoms with E-state index in [1.54, 1.807) is 6.07 Å². The van der Waals surface area contributed by atoms with Crippen LogP contribution in [0.2, 0.25) is 0 Å². The van der Waals surface area contributed by atoms with Crippen molar-refractivity contribution in [1.29, 1.82) is 0 Å². The normalized spacial score (nSPS) is 22.1. The van der Waals surface area contributed by atoms with Crippen molar-refractivity contribution in [2.24, 2.45) is 5.92 Å². The molecule has 1 saturated heterocycles. The van der Waals surface area contributed by atoms with E-state index < -0.39 is 17.8 Å². The number of hydrogen-bond acceptors (Lipinski definition) is 2. The average Bonchev–Trinajstić information content (AvgIpc) is 2.42. The maximum atomic E-state index is 13.3. The number of carboxylic acid groups (broad SMARTS) is 1. The Morgan fingerprint density at radius 3 is 2.86 bits per heavy atom. The highest BCUT2D eigenvalue weighted by Gasteiger charge is 2.34. The highest BCUT2D eigenvalue weighted by molar-refractivity contribution is 9.10. The van der Waals surface area contributed by atoms with Gasteiger partial charge in [-0.15, -0.1) is 0 Å². The molecule has 0 radical (unpaired) electrons. The van der Waals surface area contributed by atoms with Gasteiger partial charge in [0.25, 0.3) is 0 Å². The lowest BCUT2D eigenvalue weighted by Gasteiger charge is -2.36. The minimum atomic E-state index is -0.979. The van der Waals surface area contributed by atoms with Crippen molar-refractivity contribution in [3.8, 4) is 0 Å². The van der Waals surface area contributed by atoms with Crippen molar-refractivity contribution in [2.45, 2.75) is 32.2 Å². The third-order valence-electron chi connectivity index (χ3n) is 3.82. The van der Waals surface area contributed by atoms with Gasteiger partial charge in [-0.1, -0.05) is 22.9 Å². The zero-order chi connectivity index (χ0) is 15.6. The number of halogens is 2. The van der Waals surface area contributed by atoms with Crippen LogP contribution in [0.25, 0.3) is 0 Å². The fourth-order valence-electron chi connectivity index (χ4n) is 2.62. The number of carbonyl (C=O) groups is 2. The van der Waals surface area contributed by atoms with Crippen molar-refractivity contribution in [3.63, 3.8) is 0 Å². The van der Waals surface area contributed by atoms with Crippen LogP contribution in [0.1, 0.15) is 25.3 Å². The van der Waals surface area contributed by atoms with Gasteiger partial charge in [-0.2, -0.15) is 0 Å². The summed E-state index contributed by atoms with van der Waals surface area (Å²) < 4.78 is 13.9. The van der Waals surface area contributed by atoms with E-state index >= 15 is 0 Å². The highest BCUT2D eigenvalue weighted by Crippen LogP contribution is 2.25. The third kappa shape index (κ3) is 3.81. The molecule has 1 N–H and O–H groups in total. The summed E-state index contributed by atoms with van der Waals surface area (Å²) in [6, 6.07) is 3.37. The van der Waals surface area contributed by atoms with Gasteiger partial charge >= 0.3 is 5.97 Å². The third-order valence-corrected chi connectivity index (χ3v) is 4.59. The Hall–Kier alpha value is -1.43. The Bertz CT molecular complexity index is 564. The van der Waals surface area contributed by atoms with E-state index in [9.17, 15) is 19.1 Å². The Morgan fingerprint density at radius 1 is 1.48 bits per heavy atom. The fraction of sp³-hybridized carbons (Fsp3) is 0.467. The summed E-state index contributed by atoms with van der Waals surface area (Å²) in [5.41, 5.74) is 0.530. The van der Waals surface area contributed by atoms with E-state index in [1.165, 1.54) is 17.0 Å². The van der Waals surface area contributed by atoms with Crippen LogP contribution in [-0.2, 0) is 16.0 Å². The lowest BCUT2D eigenvalue weighted by atomic mass is 9.92. The standard InChI is InChI=1S/C15H17BrFNO3/c1-9-4-5-18(13(6-9)15(20)21)14(19)8-10-7-11(17)2-3-12(10)16/h2-3,7,9,13H,4-6,8H2,1H3,(H,20,21). The van der Waals surface area contributed by atoms with Gasteiger partial charge in [-0.25, -0.2) is 9.18 Å². The molecule has 1 aliphatic heterocycles. The average molecular weight is 358 g/mol. The molecule has 1 aromatic carbocycles. The molecule has 1 amide bonds. The van der Waals surface area contributed by atoms with Crippen LogP contribution in [0.15, 0.2) is 22.7 Å². The summed E-state index contributed by atoms with van der Waals surface area (Å²) in [7, 11) is 0. The van der Waals surface area contributed by atoms with Crippen molar-refractivity contribution in [1.82, 2.24) is 4.90 Å². The molecule has 114 valence electrons. The number of rotatable bonds is 3. The Kier molecular flexibility index (Phi) is 4.98. The van der Waals surface area contributed by atoms with Gasteiger partial charge in [0.1, 0.15) is 11.9 Å². The van der Waals surface area contributed by atoms with Crippen LogP contribution in [0, 0.1) is 11.7 Å². The summed E-state index contributed by atoms with van der Waals surface area (Å²) in [6.07, 6.45) is 1.25. The number of amides is 1. The summed E-state index contributed by atoms with van der Waals surface area (Å²) in [6.45, 7) is 2.42. The van der Waals surface area contributed by atoms with Crippen LogP contribution in [0.4, 0.5) is 4.39 Å². The minimum absolute atomic E-state index is 0.00347. The van der Waals surface area contributed by atoms with Crippen LogP contribution in [0.5, 0.6) is 0 Å². The van der Waals surface area contributed by atoms with Crippen molar-refractivity contribution in [3.05, 3.63) is 34.1 Å². The summed E-state index contributed by atoms with van der Waals surface area (Å²) >= 11 is 3.28. The van der Waals surface area contributed by atoms with Crippen molar-refractivity contribution < 1.29 is 19.1 Å². The van der Waals surface area contributed by atoms with Gasteiger partial charge in [-0.05, 0) is 42.5 Å². The SMILES string of the molecule is CC1CCN(C(=O)Cc2cc(F)ccc2Br)C(C(=O)O)C1. The first-order chi connectivity index (χ1) is 9.88. The second-order valence-electron chi connectivity index (χ2n) is 5.48. The molecule has 1 fully saturated rings. The summed E-state index contributed by atoms with van der Waals surface area (Å²) in [4.78, 5) is 25.1. The van der Waals surface area contributed by atoms with Crippen LogP contribution < -0.4 is 0 Å². The van der Waals surface area contributed by atoms with Crippen LogP contribution in [0.3, 0.4) is 0 Å². The number of nitrogens with zero attached hydrogens (tertiary/aromatic N) is 1. The molecule has 0 aromatic heterocycles. The lowest BCUT2D eigenvalue weighted by Crippen LogP contribution is -2.50. The molecule has 0 bridgehead atoms. The first kappa shape index (κ1) is 15.9.